The van der Waals surface area contributed by atoms with Crippen molar-refractivity contribution >= 4 is 40.8 Å². The van der Waals surface area contributed by atoms with Crippen LogP contribution in [0.1, 0.15) is 5.56 Å². The fourth-order valence-corrected chi connectivity index (χ4v) is 2.93. The van der Waals surface area contributed by atoms with E-state index in [9.17, 15) is 0 Å². The van der Waals surface area contributed by atoms with Crippen molar-refractivity contribution in [2.24, 2.45) is 10.9 Å². The summed E-state index contributed by atoms with van der Waals surface area (Å²) in [5, 5.41) is 13.0. The van der Waals surface area contributed by atoms with Gasteiger partial charge in [0.25, 0.3) is 0 Å². The van der Waals surface area contributed by atoms with Crippen LogP contribution in [0.3, 0.4) is 0 Å². The lowest BCUT2D eigenvalue weighted by molar-refractivity contribution is 0.318. The van der Waals surface area contributed by atoms with Gasteiger partial charge in [-0.1, -0.05) is 46.2 Å². The summed E-state index contributed by atoms with van der Waals surface area (Å²) in [7, 11) is 0. The predicted molar refractivity (Wildman–Crippen MR) is 79.5 cm³/mol. The summed E-state index contributed by atoms with van der Waals surface area (Å²) >= 11 is 13.3. The zero-order valence-electron chi connectivity index (χ0n) is 9.68. The third-order valence-corrected chi connectivity index (χ3v) is 3.88. The highest BCUT2D eigenvalue weighted by Crippen LogP contribution is 2.33. The van der Waals surface area contributed by atoms with E-state index in [1.54, 1.807) is 18.2 Å². The topological polar surface area (TPSA) is 58.6 Å². The summed E-state index contributed by atoms with van der Waals surface area (Å²) in [6, 6.07) is 12.7. The highest BCUT2D eigenvalue weighted by Gasteiger charge is 2.09. The van der Waals surface area contributed by atoms with Gasteiger partial charge in [-0.05, 0) is 36.4 Å². The van der Waals surface area contributed by atoms with E-state index in [4.69, 9.17) is 34.1 Å². The van der Waals surface area contributed by atoms with E-state index in [0.717, 1.165) is 9.79 Å². The first-order valence-electron chi connectivity index (χ1n) is 5.31. The Morgan fingerprint density at radius 1 is 1.11 bits per heavy atom. The normalized spacial score (nSPS) is 11.6. The smallest absolute Gasteiger partial charge is 0.171 e. The second-order valence-corrected chi connectivity index (χ2v) is 5.67. The van der Waals surface area contributed by atoms with Gasteiger partial charge in [0, 0.05) is 25.4 Å². The molecule has 0 fully saturated rings. The number of amidine groups is 1. The molecule has 0 amide bonds. The zero-order valence-corrected chi connectivity index (χ0v) is 12.0. The molecule has 0 aliphatic heterocycles. The largest absolute Gasteiger partial charge is 0.409 e. The summed E-state index contributed by atoms with van der Waals surface area (Å²) in [4.78, 5) is 1.80. The Morgan fingerprint density at radius 2 is 1.84 bits per heavy atom. The second-order valence-electron chi connectivity index (χ2n) is 3.69. The number of hydrogen-bond acceptors (Lipinski definition) is 3. The van der Waals surface area contributed by atoms with Crippen molar-refractivity contribution < 1.29 is 5.21 Å². The van der Waals surface area contributed by atoms with Gasteiger partial charge in [-0.25, -0.2) is 0 Å². The molecule has 0 unspecified atom stereocenters. The van der Waals surface area contributed by atoms with Gasteiger partial charge in [0.15, 0.2) is 5.84 Å². The maximum Gasteiger partial charge on any atom is 0.171 e. The van der Waals surface area contributed by atoms with Crippen molar-refractivity contribution in [2.75, 3.05) is 0 Å². The van der Waals surface area contributed by atoms with E-state index in [1.165, 1.54) is 11.8 Å². The Hall–Kier alpha value is -1.36. The van der Waals surface area contributed by atoms with E-state index in [2.05, 4.69) is 5.16 Å². The Bertz CT molecular complexity index is 632. The first-order chi connectivity index (χ1) is 9.10. The summed E-state index contributed by atoms with van der Waals surface area (Å²) in [6.07, 6.45) is 0. The quantitative estimate of drug-likeness (QED) is 0.386. The summed E-state index contributed by atoms with van der Waals surface area (Å²) in [5.41, 5.74) is 6.23. The molecule has 3 N–H and O–H groups in total. The molecule has 0 saturated heterocycles. The predicted octanol–water partition coefficient (Wildman–Crippen LogP) is 4.24. The van der Waals surface area contributed by atoms with E-state index in [0.29, 0.717) is 15.6 Å². The number of halogens is 2. The standard InChI is InChI=1S/C13H10Cl2N2OS/c14-8-2-1-3-10(6-8)19-12-5-4-9(15)7-11(12)13(16)17-18/h1-7,18H,(H2,16,17). The van der Waals surface area contributed by atoms with Crippen molar-refractivity contribution in [3.63, 3.8) is 0 Å². The molecule has 0 saturated carbocycles. The molecule has 98 valence electrons. The van der Waals surface area contributed by atoms with Gasteiger partial charge < -0.3 is 10.9 Å². The van der Waals surface area contributed by atoms with Crippen molar-refractivity contribution in [3.8, 4) is 0 Å². The molecule has 2 aromatic rings. The van der Waals surface area contributed by atoms with Crippen LogP contribution in [0.5, 0.6) is 0 Å². The maximum atomic E-state index is 8.80. The van der Waals surface area contributed by atoms with Crippen LogP contribution in [0.4, 0.5) is 0 Å². The van der Waals surface area contributed by atoms with Crippen molar-refractivity contribution in [3.05, 3.63) is 58.1 Å². The highest BCUT2D eigenvalue weighted by atomic mass is 35.5. The average molecular weight is 313 g/mol. The number of hydrogen-bond donors (Lipinski definition) is 2. The minimum Gasteiger partial charge on any atom is -0.409 e. The van der Waals surface area contributed by atoms with Crippen molar-refractivity contribution in [1.29, 1.82) is 0 Å². The molecule has 0 bridgehead atoms. The van der Waals surface area contributed by atoms with E-state index in [1.807, 2.05) is 24.3 Å². The minimum absolute atomic E-state index is 0.0204. The molecular formula is C13H10Cl2N2OS. The minimum atomic E-state index is 0.0204. The third-order valence-electron chi connectivity index (χ3n) is 2.35. The van der Waals surface area contributed by atoms with Crippen molar-refractivity contribution in [2.45, 2.75) is 9.79 Å². The van der Waals surface area contributed by atoms with Crippen LogP contribution >= 0.6 is 35.0 Å². The highest BCUT2D eigenvalue weighted by molar-refractivity contribution is 7.99. The molecule has 6 heteroatoms. The average Bonchev–Trinajstić information content (AvgIpc) is 2.40. The van der Waals surface area contributed by atoms with Crippen LogP contribution in [0.15, 0.2) is 57.4 Å². The molecule has 0 heterocycles. The molecule has 0 aliphatic rings. The van der Waals surface area contributed by atoms with Gasteiger partial charge in [0.05, 0.1) is 0 Å². The molecule has 0 atom stereocenters. The number of oxime groups is 1. The third kappa shape index (κ3) is 3.56. The Labute approximate surface area is 125 Å². The number of nitrogens with zero attached hydrogens (tertiary/aromatic N) is 1. The number of benzene rings is 2. The molecule has 2 rings (SSSR count). The van der Waals surface area contributed by atoms with Gasteiger partial charge in [-0.2, -0.15) is 0 Å². The van der Waals surface area contributed by atoms with Crippen LogP contribution in [-0.4, -0.2) is 11.0 Å². The SMILES string of the molecule is NC(=NO)c1cc(Cl)ccc1Sc1cccc(Cl)c1. The first kappa shape index (κ1) is 14.1. The molecule has 3 nitrogen and oxygen atoms in total. The van der Waals surface area contributed by atoms with E-state index < -0.39 is 0 Å². The fourth-order valence-electron chi connectivity index (χ4n) is 1.50. The van der Waals surface area contributed by atoms with Gasteiger partial charge in [-0.15, -0.1) is 0 Å². The van der Waals surface area contributed by atoms with Crippen LogP contribution in [0.2, 0.25) is 10.0 Å². The van der Waals surface area contributed by atoms with E-state index >= 15 is 0 Å². The van der Waals surface area contributed by atoms with Gasteiger partial charge in [-0.3, -0.25) is 0 Å². The monoisotopic (exact) mass is 312 g/mol. The van der Waals surface area contributed by atoms with Crippen LogP contribution < -0.4 is 5.73 Å². The van der Waals surface area contributed by atoms with Gasteiger partial charge in [0.1, 0.15) is 0 Å². The van der Waals surface area contributed by atoms with Crippen LogP contribution in [0, 0.1) is 0 Å². The second kappa shape index (κ2) is 6.19. The lowest BCUT2D eigenvalue weighted by Crippen LogP contribution is -2.14. The summed E-state index contributed by atoms with van der Waals surface area (Å²) in [5.74, 6) is 0.0204. The molecule has 0 aromatic heterocycles. The molecule has 0 spiro atoms. The number of nitrogens with two attached hydrogens (primary N) is 1. The summed E-state index contributed by atoms with van der Waals surface area (Å²) < 4.78 is 0. The lowest BCUT2D eigenvalue weighted by atomic mass is 10.2. The van der Waals surface area contributed by atoms with E-state index in [-0.39, 0.29) is 5.84 Å². The molecule has 0 aliphatic carbocycles. The van der Waals surface area contributed by atoms with Crippen LogP contribution in [-0.2, 0) is 0 Å². The Morgan fingerprint density at radius 3 is 2.53 bits per heavy atom. The number of rotatable bonds is 3. The Kier molecular flexibility index (Phi) is 4.58. The fraction of sp³-hybridized carbons (Fsp3) is 0. The maximum absolute atomic E-state index is 8.80. The van der Waals surface area contributed by atoms with Crippen LogP contribution in [0.25, 0.3) is 0 Å². The molecule has 0 radical (unpaired) electrons. The van der Waals surface area contributed by atoms with Crippen molar-refractivity contribution in [1.82, 2.24) is 0 Å². The Balaban J connectivity index is 2.40. The first-order valence-corrected chi connectivity index (χ1v) is 6.88. The summed E-state index contributed by atoms with van der Waals surface area (Å²) in [6.45, 7) is 0. The van der Waals surface area contributed by atoms with Gasteiger partial charge >= 0.3 is 0 Å². The molecule has 19 heavy (non-hydrogen) atoms. The van der Waals surface area contributed by atoms with Gasteiger partial charge in [0.2, 0.25) is 0 Å². The molecule has 2 aromatic carbocycles. The lowest BCUT2D eigenvalue weighted by Gasteiger charge is -2.08. The molecular weight excluding hydrogens is 303 g/mol. The zero-order chi connectivity index (χ0) is 13.8.